The molecule has 0 radical (unpaired) electrons. The number of piperazine rings is 1. The zero-order valence-corrected chi connectivity index (χ0v) is 19.0. The van der Waals surface area contributed by atoms with E-state index >= 15 is 0 Å². The number of halogens is 1. The summed E-state index contributed by atoms with van der Waals surface area (Å²) in [5.41, 5.74) is 4.32. The van der Waals surface area contributed by atoms with Crippen LogP contribution < -0.4 is 9.64 Å². The number of ether oxygens (including phenoxy) is 2. The number of benzene rings is 2. The van der Waals surface area contributed by atoms with Crippen LogP contribution >= 0.6 is 11.6 Å². The second-order valence-corrected chi connectivity index (χ2v) is 8.57. The molecule has 2 aromatic carbocycles. The number of methoxy groups -OCH3 is 1. The molecule has 2 aliphatic rings. The van der Waals surface area contributed by atoms with Crippen molar-refractivity contribution in [3.8, 4) is 5.75 Å². The first-order valence-electron chi connectivity index (χ1n) is 10.8. The number of carbonyl (C=O) groups excluding carboxylic acids is 1. The Morgan fingerprint density at radius 3 is 2.68 bits per heavy atom. The Bertz CT molecular complexity index is 928. The van der Waals surface area contributed by atoms with E-state index in [1.54, 1.807) is 7.11 Å². The Kier molecular flexibility index (Phi) is 7.00. The summed E-state index contributed by atoms with van der Waals surface area (Å²) in [5, 5.41) is 0.636. The number of fused-ring (bicyclic) bond motifs is 1. The summed E-state index contributed by atoms with van der Waals surface area (Å²) in [6, 6.07) is 11.9. The maximum Gasteiger partial charge on any atom is 0.253 e. The van der Waals surface area contributed by atoms with Crippen molar-refractivity contribution in [2.45, 2.75) is 13.0 Å². The summed E-state index contributed by atoms with van der Waals surface area (Å²) in [6.07, 6.45) is 0.879. The minimum Gasteiger partial charge on any atom is -0.495 e. The van der Waals surface area contributed by atoms with Crippen molar-refractivity contribution in [3.05, 3.63) is 58.1 Å². The zero-order chi connectivity index (χ0) is 21.8. The fraction of sp³-hybridized carbons (Fsp3) is 0.458. The molecule has 1 fully saturated rings. The van der Waals surface area contributed by atoms with Gasteiger partial charge in [0.25, 0.3) is 5.91 Å². The number of amides is 1. The van der Waals surface area contributed by atoms with Gasteiger partial charge in [0.2, 0.25) is 0 Å². The van der Waals surface area contributed by atoms with Gasteiger partial charge in [0.05, 0.1) is 25.3 Å². The molecule has 0 atom stereocenters. The van der Waals surface area contributed by atoms with Crippen LogP contribution in [0.15, 0.2) is 36.4 Å². The first-order valence-corrected chi connectivity index (χ1v) is 11.2. The summed E-state index contributed by atoms with van der Waals surface area (Å²) in [6.45, 7) is 6.77. The summed E-state index contributed by atoms with van der Waals surface area (Å²) >= 11 is 6.28. The van der Waals surface area contributed by atoms with E-state index in [1.165, 1.54) is 11.1 Å². The van der Waals surface area contributed by atoms with Gasteiger partial charge in [-0.3, -0.25) is 9.69 Å². The Hall–Kier alpha value is -2.28. The molecule has 2 heterocycles. The van der Waals surface area contributed by atoms with Gasteiger partial charge in [0.1, 0.15) is 5.75 Å². The highest BCUT2D eigenvalue weighted by atomic mass is 35.5. The van der Waals surface area contributed by atoms with Crippen LogP contribution in [0, 0.1) is 0 Å². The average Bonchev–Trinajstić information content (AvgIpc) is 2.82. The average molecular weight is 444 g/mol. The van der Waals surface area contributed by atoms with E-state index < -0.39 is 0 Å². The van der Waals surface area contributed by atoms with Gasteiger partial charge in [-0.15, -0.1) is 0 Å². The van der Waals surface area contributed by atoms with E-state index in [4.69, 9.17) is 21.1 Å². The Morgan fingerprint density at radius 2 is 1.94 bits per heavy atom. The third kappa shape index (κ3) is 5.14. The Morgan fingerprint density at radius 1 is 1.13 bits per heavy atom. The molecule has 31 heavy (non-hydrogen) atoms. The third-order valence-electron chi connectivity index (χ3n) is 6.20. The Labute approximate surface area is 189 Å². The van der Waals surface area contributed by atoms with E-state index in [2.05, 4.69) is 15.9 Å². The molecule has 0 spiro atoms. The monoisotopic (exact) mass is 443 g/mol. The van der Waals surface area contributed by atoms with Crippen LogP contribution in [0.2, 0.25) is 5.02 Å². The highest BCUT2D eigenvalue weighted by Crippen LogP contribution is 2.29. The molecule has 0 N–H and O–H groups in total. The lowest BCUT2D eigenvalue weighted by Gasteiger charge is -2.36. The smallest absolute Gasteiger partial charge is 0.253 e. The van der Waals surface area contributed by atoms with Gasteiger partial charge in [-0.05, 0) is 47.9 Å². The molecule has 7 heteroatoms. The van der Waals surface area contributed by atoms with Crippen LogP contribution in [0.4, 0.5) is 5.69 Å². The van der Waals surface area contributed by atoms with Crippen LogP contribution in [0.5, 0.6) is 5.75 Å². The van der Waals surface area contributed by atoms with Crippen molar-refractivity contribution in [1.82, 2.24) is 9.80 Å². The van der Waals surface area contributed by atoms with Crippen LogP contribution in [-0.2, 0) is 17.8 Å². The van der Waals surface area contributed by atoms with Crippen molar-refractivity contribution >= 4 is 23.2 Å². The number of hydrogen-bond acceptors (Lipinski definition) is 5. The predicted molar refractivity (Wildman–Crippen MR) is 123 cm³/mol. The quantitative estimate of drug-likeness (QED) is 0.685. The van der Waals surface area contributed by atoms with Gasteiger partial charge in [0.15, 0.2) is 0 Å². The molecule has 2 aliphatic heterocycles. The molecule has 166 valence electrons. The lowest BCUT2D eigenvalue weighted by molar-refractivity contribution is 0.0775. The van der Waals surface area contributed by atoms with Crippen molar-refractivity contribution in [3.63, 3.8) is 0 Å². The van der Waals surface area contributed by atoms with Crippen LogP contribution in [0.25, 0.3) is 0 Å². The van der Waals surface area contributed by atoms with Crippen LogP contribution in [0.3, 0.4) is 0 Å². The largest absolute Gasteiger partial charge is 0.495 e. The van der Waals surface area contributed by atoms with Gasteiger partial charge in [-0.25, -0.2) is 0 Å². The third-order valence-corrected chi connectivity index (χ3v) is 6.49. The van der Waals surface area contributed by atoms with E-state index in [9.17, 15) is 4.79 Å². The number of anilines is 1. The standard InChI is InChI=1S/C24H30ClN3O3/c1-26(24(29)19-3-4-20-17-31-14-7-18(20)15-19)8-9-27-10-12-28(13-11-27)21-5-6-23(30-2)22(25)16-21/h3-6,15-16H,7-14,17H2,1-2H3. The topological polar surface area (TPSA) is 45.2 Å². The first kappa shape index (κ1) is 21.9. The maximum atomic E-state index is 12.9. The number of carbonyl (C=O) groups is 1. The van der Waals surface area contributed by atoms with E-state index in [0.717, 1.165) is 57.0 Å². The van der Waals surface area contributed by atoms with Gasteiger partial charge in [0, 0.05) is 57.6 Å². The molecule has 0 aromatic heterocycles. The molecule has 4 rings (SSSR count). The van der Waals surface area contributed by atoms with Crippen LogP contribution in [-0.4, -0.2) is 75.7 Å². The van der Waals surface area contributed by atoms with Crippen molar-refractivity contribution in [1.29, 1.82) is 0 Å². The fourth-order valence-corrected chi connectivity index (χ4v) is 4.44. The second kappa shape index (κ2) is 9.90. The molecular weight excluding hydrogens is 414 g/mol. The number of hydrogen-bond donors (Lipinski definition) is 0. The van der Waals surface area contributed by atoms with Gasteiger partial charge in [-0.1, -0.05) is 17.7 Å². The second-order valence-electron chi connectivity index (χ2n) is 8.16. The normalized spacial score (nSPS) is 16.7. The van der Waals surface area contributed by atoms with Crippen molar-refractivity contribution < 1.29 is 14.3 Å². The van der Waals surface area contributed by atoms with Gasteiger partial charge < -0.3 is 19.3 Å². The number of likely N-dealkylation sites (N-methyl/N-ethyl adjacent to an activating group) is 1. The number of nitrogens with zero attached hydrogens (tertiary/aromatic N) is 3. The molecule has 0 aliphatic carbocycles. The molecule has 1 amide bonds. The summed E-state index contributed by atoms with van der Waals surface area (Å²) in [4.78, 5) is 19.5. The first-order chi connectivity index (χ1) is 15.0. The predicted octanol–water partition coefficient (Wildman–Crippen LogP) is 3.32. The van der Waals surface area contributed by atoms with E-state index in [-0.39, 0.29) is 5.91 Å². The Balaban J connectivity index is 1.26. The molecule has 0 bridgehead atoms. The maximum absolute atomic E-state index is 12.9. The molecule has 0 unspecified atom stereocenters. The minimum absolute atomic E-state index is 0.0841. The lowest BCUT2D eigenvalue weighted by atomic mass is 10.00. The lowest BCUT2D eigenvalue weighted by Crippen LogP contribution is -2.48. The zero-order valence-electron chi connectivity index (χ0n) is 18.3. The summed E-state index contributed by atoms with van der Waals surface area (Å²) in [5.74, 6) is 0.782. The van der Waals surface area contributed by atoms with Gasteiger partial charge in [-0.2, -0.15) is 0 Å². The highest BCUT2D eigenvalue weighted by Gasteiger charge is 2.20. The summed E-state index contributed by atoms with van der Waals surface area (Å²) in [7, 11) is 3.52. The van der Waals surface area contributed by atoms with Crippen molar-refractivity contribution in [2.75, 3.05) is 64.9 Å². The highest BCUT2D eigenvalue weighted by molar-refractivity contribution is 6.32. The van der Waals surface area contributed by atoms with E-state index in [0.29, 0.717) is 23.9 Å². The number of rotatable bonds is 6. The minimum atomic E-state index is 0.0841. The fourth-order valence-electron chi connectivity index (χ4n) is 4.19. The summed E-state index contributed by atoms with van der Waals surface area (Å²) < 4.78 is 10.7. The molecule has 0 saturated carbocycles. The molecule has 6 nitrogen and oxygen atoms in total. The van der Waals surface area contributed by atoms with Crippen LogP contribution in [0.1, 0.15) is 21.5 Å². The van der Waals surface area contributed by atoms with Crippen molar-refractivity contribution in [2.24, 2.45) is 0 Å². The SMILES string of the molecule is COc1ccc(N2CCN(CCN(C)C(=O)c3ccc4c(c3)CCOC4)CC2)cc1Cl. The molecule has 2 aromatic rings. The molecule has 1 saturated heterocycles. The molecular formula is C24H30ClN3O3. The van der Waals surface area contributed by atoms with Gasteiger partial charge >= 0.3 is 0 Å². The van der Waals surface area contributed by atoms with E-state index in [1.807, 2.05) is 42.3 Å².